The molecule has 0 spiro atoms. The SMILES string of the molecule is CCNC(=NCc1ccc(S(=O)(=O)N(C)C(C)C)cc1)NC1CCCCC1. The van der Waals surface area contributed by atoms with E-state index < -0.39 is 10.0 Å². The van der Waals surface area contributed by atoms with Gasteiger partial charge in [-0.2, -0.15) is 4.31 Å². The lowest BCUT2D eigenvalue weighted by Gasteiger charge is -2.24. The van der Waals surface area contributed by atoms with Crippen molar-refractivity contribution < 1.29 is 8.42 Å². The van der Waals surface area contributed by atoms with Crippen molar-refractivity contribution in [2.45, 2.75) is 76.4 Å². The quantitative estimate of drug-likeness (QED) is 0.550. The largest absolute Gasteiger partial charge is 0.357 e. The van der Waals surface area contributed by atoms with Gasteiger partial charge in [0.25, 0.3) is 0 Å². The first-order chi connectivity index (χ1) is 12.8. The van der Waals surface area contributed by atoms with Crippen molar-refractivity contribution in [3.05, 3.63) is 29.8 Å². The number of rotatable bonds is 7. The molecule has 1 aromatic carbocycles. The number of sulfonamides is 1. The van der Waals surface area contributed by atoms with Gasteiger partial charge in [-0.25, -0.2) is 13.4 Å². The third kappa shape index (κ3) is 6.21. The van der Waals surface area contributed by atoms with Gasteiger partial charge >= 0.3 is 0 Å². The second-order valence-electron chi connectivity index (χ2n) is 7.43. The van der Waals surface area contributed by atoms with E-state index in [0.29, 0.717) is 17.5 Å². The Labute approximate surface area is 164 Å². The molecule has 1 saturated carbocycles. The molecule has 6 nitrogen and oxygen atoms in total. The summed E-state index contributed by atoms with van der Waals surface area (Å²) in [5, 5.41) is 6.83. The summed E-state index contributed by atoms with van der Waals surface area (Å²) < 4.78 is 26.5. The predicted octanol–water partition coefficient (Wildman–Crippen LogP) is 3.10. The smallest absolute Gasteiger partial charge is 0.243 e. The zero-order chi connectivity index (χ0) is 19.9. The Hall–Kier alpha value is -1.60. The summed E-state index contributed by atoms with van der Waals surface area (Å²) in [7, 11) is -1.83. The van der Waals surface area contributed by atoms with Gasteiger partial charge in [0.05, 0.1) is 11.4 Å². The van der Waals surface area contributed by atoms with Crippen LogP contribution >= 0.6 is 0 Å². The fourth-order valence-corrected chi connectivity index (χ4v) is 4.51. The molecule has 0 atom stereocenters. The molecule has 27 heavy (non-hydrogen) atoms. The van der Waals surface area contributed by atoms with Crippen LogP contribution in [-0.4, -0.2) is 44.4 Å². The van der Waals surface area contributed by atoms with Crippen LogP contribution in [0.4, 0.5) is 0 Å². The maximum Gasteiger partial charge on any atom is 0.243 e. The van der Waals surface area contributed by atoms with Crippen LogP contribution in [0.1, 0.15) is 58.4 Å². The van der Waals surface area contributed by atoms with Gasteiger partial charge in [0.15, 0.2) is 5.96 Å². The highest BCUT2D eigenvalue weighted by Gasteiger charge is 2.22. The lowest BCUT2D eigenvalue weighted by Crippen LogP contribution is -2.44. The molecular formula is C20H34N4O2S. The van der Waals surface area contributed by atoms with E-state index in [4.69, 9.17) is 0 Å². The molecule has 0 radical (unpaired) electrons. The minimum atomic E-state index is -3.44. The molecule has 0 bridgehead atoms. The summed E-state index contributed by atoms with van der Waals surface area (Å²) in [5.74, 6) is 0.834. The predicted molar refractivity (Wildman–Crippen MR) is 111 cm³/mol. The molecule has 2 rings (SSSR count). The van der Waals surface area contributed by atoms with Crippen LogP contribution in [0.2, 0.25) is 0 Å². The second kappa shape index (κ2) is 10.1. The van der Waals surface area contributed by atoms with Gasteiger partial charge < -0.3 is 10.6 Å². The second-order valence-corrected chi connectivity index (χ2v) is 9.43. The fourth-order valence-electron chi connectivity index (χ4n) is 3.14. The van der Waals surface area contributed by atoms with E-state index in [0.717, 1.165) is 18.1 Å². The lowest BCUT2D eigenvalue weighted by molar-refractivity contribution is 0.410. The summed E-state index contributed by atoms with van der Waals surface area (Å²) in [6.07, 6.45) is 6.27. The fraction of sp³-hybridized carbons (Fsp3) is 0.650. The highest BCUT2D eigenvalue weighted by atomic mass is 32.2. The molecule has 0 aliphatic heterocycles. The number of nitrogens with one attached hydrogen (secondary N) is 2. The third-order valence-corrected chi connectivity index (χ3v) is 7.09. The standard InChI is InChI=1S/C20H34N4O2S/c1-5-21-20(23-18-9-7-6-8-10-18)22-15-17-11-13-19(14-12-17)27(25,26)24(4)16(2)3/h11-14,16,18H,5-10,15H2,1-4H3,(H2,21,22,23). The lowest BCUT2D eigenvalue weighted by atomic mass is 9.96. The molecule has 1 fully saturated rings. The van der Waals surface area contributed by atoms with Crippen LogP contribution in [0, 0.1) is 0 Å². The minimum absolute atomic E-state index is 0.0761. The number of nitrogens with zero attached hydrogens (tertiary/aromatic N) is 2. The summed E-state index contributed by atoms with van der Waals surface area (Å²) in [6, 6.07) is 7.44. The number of aliphatic imine (C=N–C) groups is 1. The summed E-state index contributed by atoms with van der Waals surface area (Å²) in [4.78, 5) is 4.99. The average molecular weight is 395 g/mol. The Kier molecular flexibility index (Phi) is 8.10. The van der Waals surface area contributed by atoms with E-state index in [-0.39, 0.29) is 6.04 Å². The molecule has 152 valence electrons. The van der Waals surface area contributed by atoms with E-state index >= 15 is 0 Å². The molecule has 0 heterocycles. The van der Waals surface area contributed by atoms with Crippen LogP contribution in [-0.2, 0) is 16.6 Å². The number of benzene rings is 1. The van der Waals surface area contributed by atoms with Gasteiger partial charge in [-0.1, -0.05) is 31.4 Å². The van der Waals surface area contributed by atoms with Crippen molar-refractivity contribution in [1.29, 1.82) is 0 Å². The first-order valence-corrected chi connectivity index (χ1v) is 11.4. The van der Waals surface area contributed by atoms with Gasteiger partial charge in [0.1, 0.15) is 0 Å². The van der Waals surface area contributed by atoms with E-state index in [1.807, 2.05) is 26.0 Å². The van der Waals surface area contributed by atoms with Crippen molar-refractivity contribution >= 4 is 16.0 Å². The van der Waals surface area contributed by atoms with Crippen molar-refractivity contribution in [2.75, 3.05) is 13.6 Å². The highest BCUT2D eigenvalue weighted by Crippen LogP contribution is 2.18. The molecule has 0 saturated heterocycles. The van der Waals surface area contributed by atoms with E-state index in [1.54, 1.807) is 19.2 Å². The number of guanidine groups is 1. The van der Waals surface area contributed by atoms with Crippen molar-refractivity contribution in [3.63, 3.8) is 0 Å². The van der Waals surface area contributed by atoms with E-state index in [1.165, 1.54) is 36.4 Å². The molecule has 7 heteroatoms. The summed E-state index contributed by atoms with van der Waals surface area (Å²) in [5.41, 5.74) is 0.988. The van der Waals surface area contributed by atoms with Gasteiger partial charge in [-0.05, 0) is 51.3 Å². The van der Waals surface area contributed by atoms with Crippen LogP contribution in [0.15, 0.2) is 34.2 Å². The van der Waals surface area contributed by atoms with Gasteiger partial charge in [0, 0.05) is 25.7 Å². The first-order valence-electron chi connectivity index (χ1n) is 9.96. The van der Waals surface area contributed by atoms with Gasteiger partial charge in [-0.15, -0.1) is 0 Å². The van der Waals surface area contributed by atoms with Crippen molar-refractivity contribution in [2.24, 2.45) is 4.99 Å². The van der Waals surface area contributed by atoms with Crippen LogP contribution in [0.3, 0.4) is 0 Å². The molecule has 0 unspecified atom stereocenters. The Bertz CT molecular complexity index is 708. The van der Waals surface area contributed by atoms with Gasteiger partial charge in [-0.3, -0.25) is 0 Å². The Balaban J connectivity index is 2.04. The number of hydrogen-bond acceptors (Lipinski definition) is 3. The minimum Gasteiger partial charge on any atom is -0.357 e. The monoisotopic (exact) mass is 394 g/mol. The summed E-state index contributed by atoms with van der Waals surface area (Å²) in [6.45, 7) is 7.12. The molecule has 1 aliphatic rings. The molecular weight excluding hydrogens is 360 g/mol. The molecule has 1 aromatic rings. The topological polar surface area (TPSA) is 73.8 Å². The maximum absolute atomic E-state index is 12.5. The van der Waals surface area contributed by atoms with Crippen LogP contribution in [0.5, 0.6) is 0 Å². The Morgan fingerprint density at radius 2 is 1.81 bits per heavy atom. The van der Waals surface area contributed by atoms with E-state index in [9.17, 15) is 8.42 Å². The highest BCUT2D eigenvalue weighted by molar-refractivity contribution is 7.89. The van der Waals surface area contributed by atoms with Crippen molar-refractivity contribution in [3.8, 4) is 0 Å². The normalized spacial score (nSPS) is 16.7. The summed E-state index contributed by atoms with van der Waals surface area (Å²) >= 11 is 0. The van der Waals surface area contributed by atoms with Crippen molar-refractivity contribution in [1.82, 2.24) is 14.9 Å². The van der Waals surface area contributed by atoms with Crippen LogP contribution in [0.25, 0.3) is 0 Å². The maximum atomic E-state index is 12.5. The average Bonchev–Trinajstić information content (AvgIpc) is 2.66. The molecule has 2 N–H and O–H groups in total. The first kappa shape index (κ1) is 21.7. The molecule has 0 aromatic heterocycles. The molecule has 1 aliphatic carbocycles. The Morgan fingerprint density at radius 3 is 2.37 bits per heavy atom. The van der Waals surface area contributed by atoms with Crippen LogP contribution < -0.4 is 10.6 Å². The Morgan fingerprint density at radius 1 is 1.19 bits per heavy atom. The third-order valence-electron chi connectivity index (χ3n) is 5.04. The van der Waals surface area contributed by atoms with Gasteiger partial charge in [0.2, 0.25) is 10.0 Å². The van der Waals surface area contributed by atoms with E-state index in [2.05, 4.69) is 22.5 Å². The zero-order valence-corrected chi connectivity index (χ0v) is 17.8. The zero-order valence-electron chi connectivity index (χ0n) is 17.0. The number of hydrogen-bond donors (Lipinski definition) is 2. The molecule has 0 amide bonds.